The first kappa shape index (κ1) is 18.9. The number of benzene rings is 1. The molecule has 0 saturated heterocycles. The first-order valence-electron chi connectivity index (χ1n) is 9.96. The highest BCUT2D eigenvalue weighted by molar-refractivity contribution is 5.65. The van der Waals surface area contributed by atoms with Crippen LogP contribution in [-0.2, 0) is 0 Å². The highest BCUT2D eigenvalue weighted by Gasteiger charge is 2.24. The quantitative estimate of drug-likeness (QED) is 0.445. The van der Waals surface area contributed by atoms with Crippen molar-refractivity contribution in [3.63, 3.8) is 0 Å². The van der Waals surface area contributed by atoms with Crippen molar-refractivity contribution < 1.29 is 4.52 Å². The van der Waals surface area contributed by atoms with Crippen LogP contribution in [0.25, 0.3) is 28.4 Å². The molecule has 9 heteroatoms. The zero-order valence-corrected chi connectivity index (χ0v) is 17.0. The van der Waals surface area contributed by atoms with Crippen LogP contribution in [0.4, 0.5) is 5.82 Å². The average Bonchev–Trinajstić information content (AvgIpc) is 3.48. The fourth-order valence-corrected chi connectivity index (χ4v) is 3.32. The molecule has 9 nitrogen and oxygen atoms in total. The highest BCUT2D eigenvalue weighted by atomic mass is 16.5. The number of nitrogens with zero attached hydrogens (tertiary/aromatic N) is 7. The Balaban J connectivity index is 1.53. The SMILES string of the molecule is CC(C)C(Nc1cc(-c2ccccc2)nc2ncnn12)c1nc(-c2cccnc2)no1. The summed E-state index contributed by atoms with van der Waals surface area (Å²) < 4.78 is 7.28. The van der Waals surface area contributed by atoms with Crippen molar-refractivity contribution in [1.29, 1.82) is 0 Å². The Bertz CT molecular complexity index is 1300. The molecule has 154 valence electrons. The monoisotopic (exact) mass is 412 g/mol. The Morgan fingerprint density at radius 1 is 1.00 bits per heavy atom. The topological polar surface area (TPSA) is 107 Å². The molecule has 0 amide bonds. The van der Waals surface area contributed by atoms with Crippen LogP contribution in [0, 0.1) is 5.92 Å². The van der Waals surface area contributed by atoms with Gasteiger partial charge in [-0.2, -0.15) is 19.6 Å². The minimum absolute atomic E-state index is 0.161. The molecule has 0 spiro atoms. The highest BCUT2D eigenvalue weighted by Crippen LogP contribution is 2.29. The Labute approximate surface area is 178 Å². The van der Waals surface area contributed by atoms with Crippen LogP contribution in [0.1, 0.15) is 25.8 Å². The van der Waals surface area contributed by atoms with Crippen LogP contribution < -0.4 is 5.32 Å². The standard InChI is InChI=1S/C22H20N8O/c1-14(2)19(21-28-20(29-31-21)16-9-6-10-23-12-16)27-18-11-17(15-7-4-3-5-8-15)26-22-24-13-25-30(18)22/h3-14,19,27H,1-2H3. The van der Waals surface area contributed by atoms with Gasteiger partial charge in [0, 0.05) is 29.6 Å². The summed E-state index contributed by atoms with van der Waals surface area (Å²) in [6, 6.07) is 15.4. The lowest BCUT2D eigenvalue weighted by molar-refractivity contribution is 0.335. The van der Waals surface area contributed by atoms with Crippen molar-refractivity contribution in [3.8, 4) is 22.6 Å². The minimum atomic E-state index is -0.239. The van der Waals surface area contributed by atoms with Gasteiger partial charge in [0.1, 0.15) is 18.2 Å². The van der Waals surface area contributed by atoms with E-state index in [9.17, 15) is 0 Å². The first-order chi connectivity index (χ1) is 15.2. The smallest absolute Gasteiger partial charge is 0.254 e. The molecule has 0 bridgehead atoms. The van der Waals surface area contributed by atoms with Crippen LogP contribution in [0.2, 0.25) is 0 Å². The van der Waals surface area contributed by atoms with E-state index in [-0.39, 0.29) is 12.0 Å². The van der Waals surface area contributed by atoms with Gasteiger partial charge in [0.25, 0.3) is 5.78 Å². The number of anilines is 1. The van der Waals surface area contributed by atoms with Crippen LogP contribution in [0.3, 0.4) is 0 Å². The van der Waals surface area contributed by atoms with Gasteiger partial charge in [-0.1, -0.05) is 49.3 Å². The van der Waals surface area contributed by atoms with Gasteiger partial charge < -0.3 is 9.84 Å². The third kappa shape index (κ3) is 3.73. The lowest BCUT2D eigenvalue weighted by Gasteiger charge is -2.20. The van der Waals surface area contributed by atoms with E-state index in [0.29, 0.717) is 17.5 Å². The molecule has 0 aliphatic rings. The van der Waals surface area contributed by atoms with Crippen molar-refractivity contribution >= 4 is 11.6 Å². The molecule has 4 aromatic heterocycles. The summed E-state index contributed by atoms with van der Waals surface area (Å²) in [5.74, 6) is 2.39. The maximum Gasteiger partial charge on any atom is 0.254 e. The van der Waals surface area contributed by atoms with E-state index in [1.165, 1.54) is 6.33 Å². The molecule has 0 fully saturated rings. The van der Waals surface area contributed by atoms with Crippen LogP contribution >= 0.6 is 0 Å². The van der Waals surface area contributed by atoms with Gasteiger partial charge in [-0.05, 0) is 18.1 Å². The number of hydrogen-bond acceptors (Lipinski definition) is 8. The van der Waals surface area contributed by atoms with Crippen LogP contribution in [0.5, 0.6) is 0 Å². The Morgan fingerprint density at radius 3 is 2.61 bits per heavy atom. The Morgan fingerprint density at radius 2 is 1.84 bits per heavy atom. The molecule has 0 radical (unpaired) electrons. The Kier molecular flexibility index (Phi) is 4.83. The Hall–Kier alpha value is -4.14. The zero-order valence-electron chi connectivity index (χ0n) is 17.0. The van der Waals surface area contributed by atoms with Gasteiger partial charge in [-0.3, -0.25) is 4.98 Å². The van der Waals surface area contributed by atoms with Gasteiger partial charge in [0.15, 0.2) is 0 Å². The molecule has 31 heavy (non-hydrogen) atoms. The number of hydrogen-bond donors (Lipinski definition) is 1. The molecular weight excluding hydrogens is 392 g/mol. The summed E-state index contributed by atoms with van der Waals surface area (Å²) in [7, 11) is 0. The average molecular weight is 412 g/mol. The number of fused-ring (bicyclic) bond motifs is 1. The lowest BCUT2D eigenvalue weighted by Crippen LogP contribution is -2.19. The van der Waals surface area contributed by atoms with Gasteiger partial charge >= 0.3 is 0 Å². The molecule has 4 heterocycles. The molecule has 1 N–H and O–H groups in total. The second-order valence-corrected chi connectivity index (χ2v) is 7.43. The van der Waals surface area contributed by atoms with Crippen LogP contribution in [-0.4, -0.2) is 34.7 Å². The molecule has 5 aromatic rings. The largest absolute Gasteiger partial charge is 0.358 e. The maximum atomic E-state index is 5.61. The van der Waals surface area contributed by atoms with E-state index in [1.807, 2.05) is 48.5 Å². The van der Waals surface area contributed by atoms with Crippen molar-refractivity contribution in [2.24, 2.45) is 5.92 Å². The molecule has 0 saturated carbocycles. The molecular formula is C22H20N8O. The first-order valence-corrected chi connectivity index (χ1v) is 9.96. The predicted octanol–water partition coefficient (Wildman–Crippen LogP) is 4.05. The summed E-state index contributed by atoms with van der Waals surface area (Å²) in [6.45, 7) is 4.17. The van der Waals surface area contributed by atoms with E-state index >= 15 is 0 Å². The number of rotatable bonds is 6. The van der Waals surface area contributed by atoms with Gasteiger partial charge in [0.2, 0.25) is 11.7 Å². The molecule has 1 atom stereocenters. The molecule has 1 aromatic carbocycles. The lowest BCUT2D eigenvalue weighted by atomic mass is 10.0. The number of nitrogens with one attached hydrogen (secondary N) is 1. The van der Waals surface area contributed by atoms with Crippen molar-refractivity contribution in [2.75, 3.05) is 5.32 Å². The molecule has 0 aliphatic heterocycles. The van der Waals surface area contributed by atoms with Crippen molar-refractivity contribution in [1.82, 2.24) is 34.7 Å². The van der Waals surface area contributed by atoms with E-state index in [2.05, 4.69) is 49.4 Å². The summed E-state index contributed by atoms with van der Waals surface area (Å²) >= 11 is 0. The van der Waals surface area contributed by atoms with Crippen molar-refractivity contribution in [3.05, 3.63) is 73.1 Å². The van der Waals surface area contributed by atoms with Gasteiger partial charge in [-0.15, -0.1) is 0 Å². The fourth-order valence-electron chi connectivity index (χ4n) is 3.32. The van der Waals surface area contributed by atoms with E-state index in [1.54, 1.807) is 16.9 Å². The second kappa shape index (κ2) is 7.94. The predicted molar refractivity (Wildman–Crippen MR) is 115 cm³/mol. The molecule has 1 unspecified atom stereocenters. The summed E-state index contributed by atoms with van der Waals surface area (Å²) in [5.41, 5.74) is 2.59. The minimum Gasteiger partial charge on any atom is -0.358 e. The number of aromatic nitrogens is 7. The zero-order chi connectivity index (χ0) is 21.2. The normalized spacial score (nSPS) is 12.4. The van der Waals surface area contributed by atoms with Gasteiger partial charge in [0.05, 0.1) is 5.69 Å². The molecule has 5 rings (SSSR count). The van der Waals surface area contributed by atoms with E-state index in [0.717, 1.165) is 22.6 Å². The van der Waals surface area contributed by atoms with E-state index in [4.69, 9.17) is 4.52 Å². The maximum absolute atomic E-state index is 5.61. The number of pyridine rings is 1. The van der Waals surface area contributed by atoms with Crippen molar-refractivity contribution in [2.45, 2.75) is 19.9 Å². The molecule has 0 aliphatic carbocycles. The van der Waals surface area contributed by atoms with Gasteiger partial charge in [-0.25, -0.2) is 4.98 Å². The third-order valence-corrected chi connectivity index (χ3v) is 4.92. The summed E-state index contributed by atoms with van der Waals surface area (Å²) in [5, 5.41) is 12.0. The van der Waals surface area contributed by atoms with Crippen LogP contribution in [0.15, 0.2) is 71.8 Å². The summed E-state index contributed by atoms with van der Waals surface area (Å²) in [6.07, 6.45) is 4.90. The third-order valence-electron chi connectivity index (χ3n) is 4.92. The summed E-state index contributed by atoms with van der Waals surface area (Å²) in [4.78, 5) is 17.6. The second-order valence-electron chi connectivity index (χ2n) is 7.43. The van der Waals surface area contributed by atoms with E-state index < -0.39 is 0 Å². The fraction of sp³-hybridized carbons (Fsp3) is 0.182.